The predicted octanol–water partition coefficient (Wildman–Crippen LogP) is 2.09. The van der Waals surface area contributed by atoms with Crippen LogP contribution in [0.1, 0.15) is 42.4 Å². The highest BCUT2D eigenvalue weighted by Crippen LogP contribution is 2.26. The molecule has 1 fully saturated rings. The second-order valence-electron chi connectivity index (χ2n) is 6.25. The number of carboxylic acid groups (broad SMARTS) is 1. The van der Waals surface area contributed by atoms with Crippen molar-refractivity contribution in [2.24, 2.45) is 5.92 Å². The van der Waals surface area contributed by atoms with E-state index in [9.17, 15) is 9.59 Å². The number of fused-ring (bicyclic) bond motifs is 1. The van der Waals surface area contributed by atoms with E-state index < -0.39 is 5.97 Å². The van der Waals surface area contributed by atoms with E-state index in [4.69, 9.17) is 5.11 Å². The fourth-order valence-corrected chi connectivity index (χ4v) is 3.54. The van der Waals surface area contributed by atoms with E-state index >= 15 is 0 Å². The number of nitrogens with one attached hydrogen (secondary N) is 1. The Balaban J connectivity index is 1.54. The van der Waals surface area contributed by atoms with Crippen molar-refractivity contribution in [3.05, 3.63) is 34.9 Å². The number of carboxylic acids is 1. The molecule has 0 spiro atoms. The number of rotatable bonds is 4. The minimum Gasteiger partial charge on any atom is -0.481 e. The Kier molecular flexibility index (Phi) is 3.95. The summed E-state index contributed by atoms with van der Waals surface area (Å²) in [6.45, 7) is 0. The maximum Gasteiger partial charge on any atom is 0.306 e. The number of aliphatic carboxylic acids is 1. The van der Waals surface area contributed by atoms with E-state index in [0.29, 0.717) is 19.3 Å². The molecular formula is C17H21NO3. The number of carbonyl (C=O) groups is 2. The highest BCUT2D eigenvalue weighted by Gasteiger charge is 2.30. The number of aryl methyl sites for hydroxylation is 2. The number of hydrogen-bond donors (Lipinski definition) is 2. The highest BCUT2D eigenvalue weighted by molar-refractivity contribution is 5.79. The van der Waals surface area contributed by atoms with Crippen LogP contribution in [0.25, 0.3) is 0 Å². The van der Waals surface area contributed by atoms with Crippen molar-refractivity contribution in [2.75, 3.05) is 0 Å². The smallest absolute Gasteiger partial charge is 0.306 e. The summed E-state index contributed by atoms with van der Waals surface area (Å²) in [7, 11) is 0. The molecular weight excluding hydrogens is 266 g/mol. The van der Waals surface area contributed by atoms with E-state index in [2.05, 4.69) is 17.4 Å². The van der Waals surface area contributed by atoms with Crippen LogP contribution in [-0.2, 0) is 28.9 Å². The summed E-state index contributed by atoms with van der Waals surface area (Å²) in [6, 6.07) is 6.35. The lowest BCUT2D eigenvalue weighted by Gasteiger charge is -2.13. The Morgan fingerprint density at radius 3 is 2.76 bits per heavy atom. The van der Waals surface area contributed by atoms with Crippen LogP contribution in [0.2, 0.25) is 0 Å². The molecule has 0 heterocycles. The van der Waals surface area contributed by atoms with E-state index in [1.807, 2.05) is 6.07 Å². The molecule has 21 heavy (non-hydrogen) atoms. The molecule has 1 amide bonds. The second-order valence-corrected chi connectivity index (χ2v) is 6.25. The Morgan fingerprint density at radius 2 is 2.00 bits per heavy atom. The number of hydrogen-bond acceptors (Lipinski definition) is 2. The quantitative estimate of drug-likeness (QED) is 0.891. The van der Waals surface area contributed by atoms with Crippen molar-refractivity contribution < 1.29 is 14.7 Å². The van der Waals surface area contributed by atoms with Gasteiger partial charge in [0.15, 0.2) is 0 Å². The van der Waals surface area contributed by atoms with Crippen LogP contribution in [0.4, 0.5) is 0 Å². The normalized spacial score (nSPS) is 23.8. The molecule has 0 unspecified atom stereocenters. The Morgan fingerprint density at radius 1 is 1.19 bits per heavy atom. The van der Waals surface area contributed by atoms with Crippen LogP contribution in [0, 0.1) is 5.92 Å². The molecule has 0 radical (unpaired) electrons. The summed E-state index contributed by atoms with van der Waals surface area (Å²) in [6.07, 6.45) is 5.87. The van der Waals surface area contributed by atoms with Crippen LogP contribution in [0.15, 0.2) is 18.2 Å². The van der Waals surface area contributed by atoms with E-state index in [1.54, 1.807) is 0 Å². The van der Waals surface area contributed by atoms with Gasteiger partial charge in [-0.1, -0.05) is 18.2 Å². The average Bonchev–Trinajstić information content (AvgIpc) is 3.06. The first kappa shape index (κ1) is 14.1. The molecule has 0 bridgehead atoms. The van der Waals surface area contributed by atoms with E-state index in [1.165, 1.54) is 17.5 Å². The van der Waals surface area contributed by atoms with Crippen molar-refractivity contribution in [2.45, 2.75) is 51.0 Å². The van der Waals surface area contributed by atoms with Crippen LogP contribution in [0.3, 0.4) is 0 Å². The predicted molar refractivity (Wildman–Crippen MR) is 79.1 cm³/mol. The summed E-state index contributed by atoms with van der Waals surface area (Å²) in [5, 5.41) is 12.0. The van der Waals surface area contributed by atoms with Gasteiger partial charge in [0.2, 0.25) is 5.91 Å². The van der Waals surface area contributed by atoms with Gasteiger partial charge in [-0.2, -0.15) is 0 Å². The highest BCUT2D eigenvalue weighted by atomic mass is 16.4. The molecule has 0 aromatic heterocycles. The summed E-state index contributed by atoms with van der Waals surface area (Å²) in [5.41, 5.74) is 3.85. The van der Waals surface area contributed by atoms with Crippen molar-refractivity contribution >= 4 is 11.9 Å². The molecule has 1 aromatic rings. The zero-order valence-corrected chi connectivity index (χ0v) is 12.1. The molecule has 4 heteroatoms. The van der Waals surface area contributed by atoms with Crippen molar-refractivity contribution in [1.82, 2.24) is 5.32 Å². The van der Waals surface area contributed by atoms with E-state index in [-0.39, 0.29) is 17.9 Å². The molecule has 2 aliphatic rings. The molecule has 2 atom stereocenters. The molecule has 0 aliphatic heterocycles. The second kappa shape index (κ2) is 5.88. The van der Waals surface area contributed by atoms with E-state index in [0.717, 1.165) is 24.8 Å². The van der Waals surface area contributed by atoms with Crippen LogP contribution in [-0.4, -0.2) is 23.0 Å². The molecule has 4 nitrogen and oxygen atoms in total. The third-order valence-electron chi connectivity index (χ3n) is 4.67. The van der Waals surface area contributed by atoms with Gasteiger partial charge in [-0.25, -0.2) is 0 Å². The molecule has 0 saturated heterocycles. The third-order valence-corrected chi connectivity index (χ3v) is 4.67. The SMILES string of the molecule is O=C(Cc1ccc2c(c1)CCC2)N[C@@H]1CC[C@H](C(=O)O)C1. The van der Waals surface area contributed by atoms with Crippen molar-refractivity contribution in [1.29, 1.82) is 0 Å². The number of amides is 1. The van der Waals surface area contributed by atoms with Crippen molar-refractivity contribution in [3.8, 4) is 0 Å². The van der Waals surface area contributed by atoms with Gasteiger partial charge >= 0.3 is 5.97 Å². The average molecular weight is 287 g/mol. The van der Waals surface area contributed by atoms with Crippen LogP contribution < -0.4 is 5.32 Å². The number of carbonyl (C=O) groups excluding carboxylic acids is 1. The lowest BCUT2D eigenvalue weighted by molar-refractivity contribution is -0.141. The van der Waals surface area contributed by atoms with Gasteiger partial charge in [0.05, 0.1) is 12.3 Å². The zero-order valence-electron chi connectivity index (χ0n) is 12.1. The maximum absolute atomic E-state index is 12.1. The number of benzene rings is 1. The maximum atomic E-state index is 12.1. The molecule has 2 aliphatic carbocycles. The van der Waals surface area contributed by atoms with Gasteiger partial charge in [0.25, 0.3) is 0 Å². The Hall–Kier alpha value is -1.84. The topological polar surface area (TPSA) is 66.4 Å². The van der Waals surface area contributed by atoms with Gasteiger partial charge in [0, 0.05) is 6.04 Å². The fourth-order valence-electron chi connectivity index (χ4n) is 3.54. The molecule has 1 aromatic carbocycles. The lowest BCUT2D eigenvalue weighted by atomic mass is 10.0. The standard InChI is InChI=1S/C17H21NO3/c19-16(18-15-7-6-14(10-15)17(20)21)9-11-4-5-12-2-1-3-13(12)8-11/h4-5,8,14-15H,1-3,6-7,9-10H2,(H,18,19)(H,20,21)/t14-,15+/m0/s1. The fraction of sp³-hybridized carbons (Fsp3) is 0.529. The van der Waals surface area contributed by atoms with Crippen LogP contribution >= 0.6 is 0 Å². The van der Waals surface area contributed by atoms with Crippen LogP contribution in [0.5, 0.6) is 0 Å². The molecule has 1 saturated carbocycles. The third kappa shape index (κ3) is 3.26. The van der Waals surface area contributed by atoms with Gasteiger partial charge in [0.1, 0.15) is 0 Å². The first-order valence-electron chi connectivity index (χ1n) is 7.74. The molecule has 112 valence electrons. The lowest BCUT2D eigenvalue weighted by Crippen LogP contribution is -2.34. The Bertz CT molecular complexity index is 567. The summed E-state index contributed by atoms with van der Waals surface area (Å²) in [4.78, 5) is 23.0. The zero-order chi connectivity index (χ0) is 14.8. The monoisotopic (exact) mass is 287 g/mol. The molecule has 2 N–H and O–H groups in total. The van der Waals surface area contributed by atoms with Gasteiger partial charge in [-0.15, -0.1) is 0 Å². The first-order chi connectivity index (χ1) is 10.1. The minimum atomic E-state index is -0.745. The van der Waals surface area contributed by atoms with Crippen molar-refractivity contribution in [3.63, 3.8) is 0 Å². The molecule has 3 rings (SSSR count). The van der Waals surface area contributed by atoms with Gasteiger partial charge in [-0.3, -0.25) is 9.59 Å². The summed E-state index contributed by atoms with van der Waals surface area (Å²) < 4.78 is 0. The largest absolute Gasteiger partial charge is 0.481 e. The van der Waals surface area contributed by atoms with Gasteiger partial charge in [-0.05, 0) is 55.2 Å². The Labute approximate surface area is 124 Å². The first-order valence-corrected chi connectivity index (χ1v) is 7.74. The summed E-state index contributed by atoms with van der Waals surface area (Å²) >= 11 is 0. The summed E-state index contributed by atoms with van der Waals surface area (Å²) in [5.74, 6) is -1.04. The minimum absolute atomic E-state index is 0.00369. The van der Waals surface area contributed by atoms with Gasteiger partial charge < -0.3 is 10.4 Å².